The third kappa shape index (κ3) is 4.01. The van der Waals surface area contributed by atoms with Crippen LogP contribution >= 0.6 is 22.7 Å². The number of fused-ring (bicyclic) bond motifs is 2. The molecule has 3 aromatic heterocycles. The summed E-state index contributed by atoms with van der Waals surface area (Å²) in [5, 5.41) is 8.79. The van der Waals surface area contributed by atoms with Gasteiger partial charge in [-0.1, -0.05) is 12.1 Å². The van der Waals surface area contributed by atoms with Gasteiger partial charge in [-0.05, 0) is 31.0 Å². The third-order valence-electron chi connectivity index (χ3n) is 5.55. The molecule has 0 saturated heterocycles. The molecule has 9 nitrogen and oxygen atoms in total. The third-order valence-corrected chi connectivity index (χ3v) is 7.74. The smallest absolute Gasteiger partial charge is 0.410 e. The molecule has 1 aromatic carbocycles. The average molecular weight is 498 g/mol. The maximum absolute atomic E-state index is 13.2. The van der Waals surface area contributed by atoms with Gasteiger partial charge in [0.2, 0.25) is 5.88 Å². The number of aryl methyl sites for hydroxylation is 1. The van der Waals surface area contributed by atoms with Crippen molar-refractivity contribution in [2.24, 2.45) is 7.05 Å². The predicted molar refractivity (Wildman–Crippen MR) is 132 cm³/mol. The number of amides is 2. The molecule has 0 fully saturated rings. The van der Waals surface area contributed by atoms with Crippen molar-refractivity contribution in [3.05, 3.63) is 46.5 Å². The topological polar surface area (TPSA) is 98.6 Å². The van der Waals surface area contributed by atoms with Crippen LogP contribution in [0.5, 0.6) is 5.88 Å². The highest BCUT2D eigenvalue weighted by atomic mass is 32.1. The summed E-state index contributed by atoms with van der Waals surface area (Å²) in [5.41, 5.74) is 3.29. The summed E-state index contributed by atoms with van der Waals surface area (Å²) in [6, 6.07) is 7.97. The van der Waals surface area contributed by atoms with E-state index >= 15 is 0 Å². The Morgan fingerprint density at radius 2 is 2.06 bits per heavy atom. The molecule has 0 aliphatic carbocycles. The van der Waals surface area contributed by atoms with E-state index in [1.54, 1.807) is 41.1 Å². The number of benzene rings is 1. The van der Waals surface area contributed by atoms with Crippen LogP contribution in [0, 0.1) is 0 Å². The number of hydrogen-bond acceptors (Lipinski definition) is 8. The van der Waals surface area contributed by atoms with Crippen molar-refractivity contribution in [2.75, 3.05) is 25.6 Å². The fourth-order valence-corrected chi connectivity index (χ4v) is 6.38. The SMILES string of the molecule is CCOC(=O)N1CCc2c(sc(NC(=O)c3cn(C)nc3OC)c2-c2nc3ccccc3s2)C1. The zero-order valence-electron chi connectivity index (χ0n) is 19.0. The summed E-state index contributed by atoms with van der Waals surface area (Å²) in [7, 11) is 3.22. The van der Waals surface area contributed by atoms with Gasteiger partial charge in [0.25, 0.3) is 5.91 Å². The standard InChI is InChI=1S/C23H23N5O4S2/c1-4-32-23(30)28-10-9-13-17(12-28)34-22(25-19(29)14-11-27(2)26-20(14)31-3)18(13)21-24-15-7-5-6-8-16(15)33-21/h5-8,11H,4,9-10,12H2,1-3H3,(H,25,29). The fourth-order valence-electron chi connectivity index (χ4n) is 4.01. The van der Waals surface area contributed by atoms with Gasteiger partial charge in [0.15, 0.2) is 0 Å². The summed E-state index contributed by atoms with van der Waals surface area (Å²) in [6.45, 7) is 3.11. The lowest BCUT2D eigenvalue weighted by atomic mass is 10.0. The zero-order chi connectivity index (χ0) is 23.8. The Morgan fingerprint density at radius 1 is 1.24 bits per heavy atom. The first-order valence-electron chi connectivity index (χ1n) is 10.8. The molecule has 4 heterocycles. The number of nitrogens with zero attached hydrogens (tertiary/aromatic N) is 4. The van der Waals surface area contributed by atoms with E-state index in [2.05, 4.69) is 10.4 Å². The number of carbonyl (C=O) groups excluding carboxylic acids is 2. The molecule has 11 heteroatoms. The highest BCUT2D eigenvalue weighted by molar-refractivity contribution is 7.23. The predicted octanol–water partition coefficient (Wildman–Crippen LogP) is 4.53. The van der Waals surface area contributed by atoms with E-state index in [1.165, 1.54) is 18.4 Å². The van der Waals surface area contributed by atoms with Crippen molar-refractivity contribution in [3.8, 4) is 16.5 Å². The van der Waals surface area contributed by atoms with Gasteiger partial charge in [0.1, 0.15) is 15.6 Å². The van der Waals surface area contributed by atoms with E-state index in [1.807, 2.05) is 24.3 Å². The summed E-state index contributed by atoms with van der Waals surface area (Å²) in [4.78, 5) is 33.1. The quantitative estimate of drug-likeness (QED) is 0.435. The highest BCUT2D eigenvalue weighted by Gasteiger charge is 2.30. The maximum Gasteiger partial charge on any atom is 0.410 e. The Morgan fingerprint density at radius 3 is 2.82 bits per heavy atom. The Kier molecular flexibility index (Phi) is 5.96. The molecule has 0 saturated carbocycles. The molecule has 1 aliphatic rings. The van der Waals surface area contributed by atoms with Gasteiger partial charge in [-0.2, -0.15) is 0 Å². The van der Waals surface area contributed by atoms with E-state index < -0.39 is 0 Å². The number of anilines is 1. The fraction of sp³-hybridized carbons (Fsp3) is 0.304. The first-order chi connectivity index (χ1) is 16.5. The number of methoxy groups -OCH3 is 1. The van der Waals surface area contributed by atoms with Crippen molar-refractivity contribution in [2.45, 2.75) is 19.9 Å². The number of hydrogen-bond donors (Lipinski definition) is 1. The van der Waals surface area contributed by atoms with E-state index in [-0.39, 0.29) is 17.9 Å². The second-order valence-corrected chi connectivity index (χ2v) is 9.88. The molecular formula is C23H23N5O4S2. The molecule has 0 unspecified atom stereocenters. The lowest BCUT2D eigenvalue weighted by molar-refractivity contribution is 0.102. The van der Waals surface area contributed by atoms with Crippen LogP contribution in [0.3, 0.4) is 0 Å². The maximum atomic E-state index is 13.2. The van der Waals surface area contributed by atoms with Crippen LogP contribution in [0.2, 0.25) is 0 Å². The minimum atomic E-state index is -0.325. The minimum absolute atomic E-state index is 0.261. The van der Waals surface area contributed by atoms with E-state index in [4.69, 9.17) is 14.5 Å². The van der Waals surface area contributed by atoms with Gasteiger partial charge in [-0.3, -0.25) is 9.48 Å². The number of ether oxygens (including phenoxy) is 2. The van der Waals surface area contributed by atoms with Crippen molar-refractivity contribution in [1.29, 1.82) is 0 Å². The van der Waals surface area contributed by atoms with Crippen molar-refractivity contribution >= 4 is 49.9 Å². The summed E-state index contributed by atoms with van der Waals surface area (Å²) < 4.78 is 13.1. The zero-order valence-corrected chi connectivity index (χ0v) is 20.6. The van der Waals surface area contributed by atoms with E-state index in [0.717, 1.165) is 31.2 Å². The summed E-state index contributed by atoms with van der Waals surface area (Å²) in [6.07, 6.45) is 1.96. The number of para-hydroxylation sites is 1. The number of carbonyl (C=O) groups is 2. The Balaban J connectivity index is 1.56. The molecule has 0 radical (unpaired) electrons. The molecule has 0 spiro atoms. The molecule has 2 amide bonds. The summed E-state index contributed by atoms with van der Waals surface area (Å²) in [5.74, 6) is -0.0514. The van der Waals surface area contributed by atoms with Gasteiger partial charge in [-0.15, -0.1) is 27.8 Å². The molecule has 34 heavy (non-hydrogen) atoms. The highest BCUT2D eigenvalue weighted by Crippen LogP contribution is 2.46. The molecule has 0 bridgehead atoms. The normalized spacial score (nSPS) is 13.1. The minimum Gasteiger partial charge on any atom is -0.479 e. The molecule has 1 aliphatic heterocycles. The second-order valence-electron chi connectivity index (χ2n) is 7.74. The van der Waals surface area contributed by atoms with Crippen LogP contribution < -0.4 is 10.1 Å². The van der Waals surface area contributed by atoms with E-state index in [9.17, 15) is 9.59 Å². The van der Waals surface area contributed by atoms with Gasteiger partial charge < -0.3 is 19.7 Å². The average Bonchev–Trinajstić information content (AvgIpc) is 3.52. The molecule has 5 rings (SSSR count). The Hall–Kier alpha value is -3.44. The number of aromatic nitrogens is 3. The van der Waals surface area contributed by atoms with Gasteiger partial charge in [0.05, 0.1) is 30.5 Å². The van der Waals surface area contributed by atoms with Gasteiger partial charge >= 0.3 is 6.09 Å². The molecule has 1 N–H and O–H groups in total. The second kappa shape index (κ2) is 9.07. The molecule has 0 atom stereocenters. The summed E-state index contributed by atoms with van der Waals surface area (Å²) >= 11 is 3.06. The van der Waals surface area contributed by atoms with Crippen molar-refractivity contribution in [1.82, 2.24) is 19.7 Å². The van der Waals surface area contributed by atoms with Crippen molar-refractivity contribution in [3.63, 3.8) is 0 Å². The number of thiazole rings is 1. The molecular weight excluding hydrogens is 474 g/mol. The van der Waals surface area contributed by atoms with Crippen LogP contribution in [-0.4, -0.2) is 51.9 Å². The first kappa shape index (κ1) is 22.4. The monoisotopic (exact) mass is 497 g/mol. The van der Waals surface area contributed by atoms with Crippen LogP contribution in [0.1, 0.15) is 27.7 Å². The van der Waals surface area contributed by atoms with E-state index in [0.29, 0.717) is 36.7 Å². The number of nitrogens with one attached hydrogen (secondary N) is 1. The number of thiophene rings is 1. The Labute approximate surface area is 203 Å². The number of rotatable bonds is 5. The lowest BCUT2D eigenvalue weighted by Crippen LogP contribution is -2.35. The lowest BCUT2D eigenvalue weighted by Gasteiger charge is -2.26. The van der Waals surface area contributed by atoms with Gasteiger partial charge in [-0.25, -0.2) is 9.78 Å². The van der Waals surface area contributed by atoms with Crippen molar-refractivity contribution < 1.29 is 19.1 Å². The van der Waals surface area contributed by atoms with Crippen LogP contribution in [0.25, 0.3) is 20.8 Å². The first-order valence-corrected chi connectivity index (χ1v) is 12.4. The molecule has 4 aromatic rings. The van der Waals surface area contributed by atoms with Crippen LogP contribution in [-0.2, 0) is 24.8 Å². The Bertz CT molecular complexity index is 1360. The van der Waals surface area contributed by atoms with Crippen LogP contribution in [0.15, 0.2) is 30.5 Å². The largest absolute Gasteiger partial charge is 0.479 e. The van der Waals surface area contributed by atoms with Gasteiger partial charge in [0, 0.05) is 30.2 Å². The van der Waals surface area contributed by atoms with Crippen LogP contribution in [0.4, 0.5) is 9.80 Å². The molecule has 176 valence electrons.